The van der Waals surface area contributed by atoms with Crippen LogP contribution in [0.3, 0.4) is 0 Å². The number of piperidine rings is 1. The molecule has 2 saturated heterocycles. The van der Waals surface area contributed by atoms with Crippen LogP contribution in [0.2, 0.25) is 0 Å². The molecule has 2 rings (SSSR count). The first-order valence-electron chi connectivity index (χ1n) is 8.97. The minimum Gasteiger partial charge on any atom is -0.353 e. The quantitative estimate of drug-likeness (QED) is 0.455. The van der Waals surface area contributed by atoms with Crippen molar-refractivity contribution in [1.29, 1.82) is 0 Å². The normalized spacial score (nSPS) is 23.4. The summed E-state index contributed by atoms with van der Waals surface area (Å²) in [5.41, 5.74) is 1.02. The predicted molar refractivity (Wildman–Crippen MR) is 98.4 cm³/mol. The summed E-state index contributed by atoms with van der Waals surface area (Å²) in [6, 6.07) is 0. The first-order valence-corrected chi connectivity index (χ1v) is 8.97. The third kappa shape index (κ3) is 5.44. The Bertz CT molecular complexity index is 512. The van der Waals surface area contributed by atoms with Gasteiger partial charge in [0.05, 0.1) is 13.2 Å². The molecule has 0 spiro atoms. The number of hydrogen-bond acceptors (Lipinski definition) is 4. The number of likely N-dealkylation sites (N-methyl/N-ethyl adjacent to an activating group) is 1. The lowest BCUT2D eigenvalue weighted by Crippen LogP contribution is -2.52. The molecule has 0 aromatic carbocycles. The number of aliphatic imine (C=N–C) groups is 1. The summed E-state index contributed by atoms with van der Waals surface area (Å²) in [4.78, 5) is 20.2. The second kappa shape index (κ2) is 8.67. The van der Waals surface area contributed by atoms with E-state index >= 15 is 0 Å². The highest BCUT2D eigenvalue weighted by atomic mass is 16.7. The molecule has 2 heterocycles. The lowest BCUT2D eigenvalue weighted by Gasteiger charge is -2.41. The van der Waals surface area contributed by atoms with Crippen molar-refractivity contribution < 1.29 is 14.3 Å². The Balaban J connectivity index is 2.07. The number of nitrogens with one attached hydrogen (secondary N) is 1. The first kappa shape index (κ1) is 19.7. The highest BCUT2D eigenvalue weighted by molar-refractivity contribution is 5.85. The van der Waals surface area contributed by atoms with Crippen molar-refractivity contribution >= 4 is 11.9 Å². The molecular weight excluding hydrogens is 320 g/mol. The molecular formula is C18H32N4O3. The maximum absolute atomic E-state index is 11.9. The standard InChI is InChI=1S/C18H32N4O3/c1-14(2)11-19-17(20-12-16(23)21(4)5)22-8-6-7-15(13-22)18(3)24-9-10-25-18/h15H,1,6-13H2,2-5H3,(H,19,20). The van der Waals surface area contributed by atoms with Gasteiger partial charge >= 0.3 is 0 Å². The average molecular weight is 352 g/mol. The molecule has 0 bridgehead atoms. The molecule has 142 valence electrons. The third-order valence-electron chi connectivity index (χ3n) is 4.73. The Morgan fingerprint density at radius 1 is 1.40 bits per heavy atom. The second-order valence-electron chi connectivity index (χ2n) is 7.24. The fraction of sp³-hybridized carbons (Fsp3) is 0.778. The molecule has 25 heavy (non-hydrogen) atoms. The zero-order chi connectivity index (χ0) is 18.4. The van der Waals surface area contributed by atoms with E-state index in [1.807, 2.05) is 13.8 Å². The molecule has 0 aromatic rings. The SMILES string of the molecule is C=C(C)CNC(=NCC(=O)N(C)C)N1CCCC(C2(C)OCCO2)C1. The van der Waals surface area contributed by atoms with E-state index in [0.717, 1.165) is 37.5 Å². The topological polar surface area (TPSA) is 66.4 Å². The van der Waals surface area contributed by atoms with Crippen LogP contribution in [-0.4, -0.2) is 80.9 Å². The van der Waals surface area contributed by atoms with E-state index in [9.17, 15) is 4.79 Å². The molecule has 0 aromatic heterocycles. The predicted octanol–water partition coefficient (Wildman–Crippen LogP) is 1.07. The van der Waals surface area contributed by atoms with Crippen LogP contribution in [0.5, 0.6) is 0 Å². The number of carbonyl (C=O) groups excluding carboxylic acids is 1. The van der Waals surface area contributed by atoms with E-state index in [1.165, 1.54) is 0 Å². The molecule has 1 amide bonds. The van der Waals surface area contributed by atoms with Crippen LogP contribution in [0.15, 0.2) is 17.1 Å². The summed E-state index contributed by atoms with van der Waals surface area (Å²) < 4.78 is 11.7. The molecule has 2 aliphatic heterocycles. The number of likely N-dealkylation sites (tertiary alicyclic amines) is 1. The van der Waals surface area contributed by atoms with Gasteiger partial charge in [-0.25, -0.2) is 4.99 Å². The van der Waals surface area contributed by atoms with Crippen LogP contribution < -0.4 is 5.32 Å². The summed E-state index contributed by atoms with van der Waals surface area (Å²) in [6.45, 7) is 11.7. The fourth-order valence-corrected chi connectivity index (χ4v) is 3.15. The maximum Gasteiger partial charge on any atom is 0.243 e. The molecule has 1 atom stereocenters. The van der Waals surface area contributed by atoms with Gasteiger partial charge < -0.3 is 24.6 Å². The van der Waals surface area contributed by atoms with E-state index in [0.29, 0.717) is 19.8 Å². The first-order chi connectivity index (χ1) is 11.8. The highest BCUT2D eigenvalue weighted by Gasteiger charge is 2.42. The minimum absolute atomic E-state index is 0.0161. The van der Waals surface area contributed by atoms with Crippen LogP contribution >= 0.6 is 0 Å². The summed E-state index contributed by atoms with van der Waals surface area (Å²) in [5.74, 6) is 0.504. The van der Waals surface area contributed by atoms with Gasteiger partial charge in [0.15, 0.2) is 11.7 Å². The Labute approximate surface area is 151 Å². The number of hydrogen-bond donors (Lipinski definition) is 1. The van der Waals surface area contributed by atoms with E-state index in [4.69, 9.17) is 9.47 Å². The van der Waals surface area contributed by atoms with E-state index in [1.54, 1.807) is 19.0 Å². The summed E-state index contributed by atoms with van der Waals surface area (Å²) in [5, 5.41) is 3.33. The molecule has 1 N–H and O–H groups in total. The summed E-state index contributed by atoms with van der Waals surface area (Å²) in [7, 11) is 3.48. The van der Waals surface area contributed by atoms with Gasteiger partial charge in [-0.15, -0.1) is 0 Å². The summed E-state index contributed by atoms with van der Waals surface area (Å²) >= 11 is 0. The van der Waals surface area contributed by atoms with Gasteiger partial charge in [0, 0.05) is 39.6 Å². The third-order valence-corrected chi connectivity index (χ3v) is 4.73. The Hall–Kier alpha value is -1.60. The van der Waals surface area contributed by atoms with Crippen molar-refractivity contribution in [3.05, 3.63) is 12.2 Å². The van der Waals surface area contributed by atoms with Gasteiger partial charge in [-0.3, -0.25) is 4.79 Å². The number of guanidine groups is 1. The Morgan fingerprint density at radius 3 is 2.68 bits per heavy atom. The van der Waals surface area contributed by atoms with Crippen molar-refractivity contribution in [3.63, 3.8) is 0 Å². The Morgan fingerprint density at radius 2 is 2.08 bits per heavy atom. The van der Waals surface area contributed by atoms with Crippen LogP contribution in [0, 0.1) is 5.92 Å². The van der Waals surface area contributed by atoms with Gasteiger partial charge in [0.1, 0.15) is 6.54 Å². The number of ether oxygens (including phenoxy) is 2. The van der Waals surface area contributed by atoms with Crippen LogP contribution in [0.25, 0.3) is 0 Å². The van der Waals surface area contributed by atoms with Gasteiger partial charge in [-0.05, 0) is 26.7 Å². The fourth-order valence-electron chi connectivity index (χ4n) is 3.15. The van der Waals surface area contributed by atoms with Gasteiger partial charge in [0.25, 0.3) is 0 Å². The van der Waals surface area contributed by atoms with Crippen molar-refractivity contribution in [2.24, 2.45) is 10.9 Å². The number of carbonyl (C=O) groups is 1. The zero-order valence-electron chi connectivity index (χ0n) is 16.0. The van der Waals surface area contributed by atoms with Crippen molar-refractivity contribution in [2.75, 3.05) is 53.5 Å². The van der Waals surface area contributed by atoms with Crippen molar-refractivity contribution in [2.45, 2.75) is 32.5 Å². The van der Waals surface area contributed by atoms with Crippen LogP contribution in [-0.2, 0) is 14.3 Å². The minimum atomic E-state index is -0.516. The monoisotopic (exact) mass is 352 g/mol. The average Bonchev–Trinajstić information content (AvgIpc) is 3.02. The summed E-state index contributed by atoms with van der Waals surface area (Å²) in [6.07, 6.45) is 2.11. The molecule has 1 unspecified atom stereocenters. The molecule has 0 saturated carbocycles. The van der Waals surface area contributed by atoms with Gasteiger partial charge in [0.2, 0.25) is 5.91 Å². The Kier molecular flexibility index (Phi) is 6.84. The van der Waals surface area contributed by atoms with Crippen molar-refractivity contribution in [3.8, 4) is 0 Å². The molecule has 0 aliphatic carbocycles. The molecule has 7 heteroatoms. The maximum atomic E-state index is 11.9. The van der Waals surface area contributed by atoms with Gasteiger partial charge in [-0.1, -0.05) is 12.2 Å². The second-order valence-corrected chi connectivity index (χ2v) is 7.24. The number of rotatable bonds is 5. The van der Waals surface area contributed by atoms with Crippen molar-refractivity contribution in [1.82, 2.24) is 15.1 Å². The molecule has 2 aliphatic rings. The largest absolute Gasteiger partial charge is 0.353 e. The molecule has 0 radical (unpaired) electrons. The molecule has 7 nitrogen and oxygen atoms in total. The zero-order valence-corrected chi connectivity index (χ0v) is 16.0. The number of amides is 1. The van der Waals surface area contributed by atoms with Crippen LogP contribution in [0.1, 0.15) is 26.7 Å². The van der Waals surface area contributed by atoms with E-state index in [-0.39, 0.29) is 18.4 Å². The van der Waals surface area contributed by atoms with Crippen LogP contribution in [0.4, 0.5) is 0 Å². The van der Waals surface area contributed by atoms with E-state index in [2.05, 4.69) is 21.8 Å². The molecule has 2 fully saturated rings. The highest BCUT2D eigenvalue weighted by Crippen LogP contribution is 2.34. The smallest absolute Gasteiger partial charge is 0.243 e. The lowest BCUT2D eigenvalue weighted by molar-refractivity contribution is -0.189. The lowest BCUT2D eigenvalue weighted by atomic mass is 9.90. The van der Waals surface area contributed by atoms with E-state index < -0.39 is 5.79 Å². The number of nitrogens with zero attached hydrogens (tertiary/aromatic N) is 3. The van der Waals surface area contributed by atoms with Gasteiger partial charge in [-0.2, -0.15) is 0 Å².